The highest BCUT2D eigenvalue weighted by atomic mass is 79.9. The van der Waals surface area contributed by atoms with E-state index in [0.717, 1.165) is 26.7 Å². The van der Waals surface area contributed by atoms with E-state index in [1.54, 1.807) is 7.11 Å². The Kier molecular flexibility index (Phi) is 4.22. The first kappa shape index (κ1) is 11.0. The summed E-state index contributed by atoms with van der Waals surface area (Å²) in [6.45, 7) is 0.624. The van der Waals surface area contributed by atoms with Gasteiger partial charge >= 0.3 is 0 Å². The Morgan fingerprint density at radius 3 is 2.62 bits per heavy atom. The Balaban J connectivity index is 3.13. The Hall–Kier alpha value is -0.0600. The average molecular weight is 309 g/mol. The lowest BCUT2D eigenvalue weighted by Crippen LogP contribution is -2.04. The summed E-state index contributed by atoms with van der Waals surface area (Å²) < 4.78 is 7.24. The number of hydrogen-bond donors (Lipinski definition) is 1. The van der Waals surface area contributed by atoms with Crippen molar-refractivity contribution in [1.82, 2.24) is 0 Å². The lowest BCUT2D eigenvalue weighted by atomic mass is 10.1. The zero-order chi connectivity index (χ0) is 9.84. The highest BCUT2D eigenvalue weighted by molar-refractivity contribution is 9.11. The third-order valence-electron chi connectivity index (χ3n) is 1.70. The van der Waals surface area contributed by atoms with Crippen LogP contribution in [0.25, 0.3) is 0 Å². The summed E-state index contributed by atoms with van der Waals surface area (Å²) in [5, 5.41) is 0. The summed E-state index contributed by atoms with van der Waals surface area (Å²) in [6, 6.07) is 3.98. The molecule has 13 heavy (non-hydrogen) atoms. The monoisotopic (exact) mass is 307 g/mol. The predicted octanol–water partition coefficient (Wildman–Crippen LogP) is 2.72. The van der Waals surface area contributed by atoms with Crippen molar-refractivity contribution in [3.05, 3.63) is 26.6 Å². The predicted molar refractivity (Wildman–Crippen MR) is 61.2 cm³/mol. The fraction of sp³-hybridized carbons (Fsp3) is 0.333. The summed E-state index contributed by atoms with van der Waals surface area (Å²) in [5.74, 6) is 0.869. The molecule has 0 bridgehead atoms. The van der Waals surface area contributed by atoms with E-state index in [2.05, 4.69) is 31.9 Å². The number of methoxy groups -OCH3 is 1. The molecule has 0 saturated carbocycles. The number of halogens is 2. The van der Waals surface area contributed by atoms with Crippen LogP contribution in [0.4, 0.5) is 0 Å². The second-order valence-electron chi connectivity index (χ2n) is 2.62. The van der Waals surface area contributed by atoms with Crippen LogP contribution < -0.4 is 10.5 Å². The summed E-state index contributed by atoms with van der Waals surface area (Å²) in [4.78, 5) is 0. The van der Waals surface area contributed by atoms with Crippen molar-refractivity contribution < 1.29 is 4.74 Å². The van der Waals surface area contributed by atoms with E-state index in [1.165, 1.54) is 0 Å². The van der Waals surface area contributed by atoms with Crippen LogP contribution in [0.5, 0.6) is 5.75 Å². The van der Waals surface area contributed by atoms with E-state index < -0.39 is 0 Å². The summed E-state index contributed by atoms with van der Waals surface area (Å²) >= 11 is 6.85. The van der Waals surface area contributed by atoms with Gasteiger partial charge in [0.2, 0.25) is 0 Å². The molecule has 0 fully saturated rings. The molecule has 2 nitrogen and oxygen atoms in total. The minimum atomic E-state index is 0.624. The van der Waals surface area contributed by atoms with E-state index in [-0.39, 0.29) is 0 Å². The molecule has 2 N–H and O–H groups in total. The van der Waals surface area contributed by atoms with Crippen molar-refractivity contribution in [2.75, 3.05) is 13.7 Å². The van der Waals surface area contributed by atoms with Crippen LogP contribution in [0.15, 0.2) is 21.1 Å². The molecule has 0 aliphatic carbocycles. The smallest absolute Gasteiger partial charge is 0.136 e. The van der Waals surface area contributed by atoms with Gasteiger partial charge in [0.25, 0.3) is 0 Å². The van der Waals surface area contributed by atoms with Crippen LogP contribution >= 0.6 is 31.9 Å². The molecule has 0 aliphatic rings. The van der Waals surface area contributed by atoms with Crippen LogP contribution in [0, 0.1) is 0 Å². The van der Waals surface area contributed by atoms with Gasteiger partial charge in [-0.05, 0) is 46.6 Å². The van der Waals surface area contributed by atoms with Gasteiger partial charge in [-0.25, -0.2) is 0 Å². The SMILES string of the molecule is COc1c(Br)cc(Br)cc1CCN. The van der Waals surface area contributed by atoms with Crippen LogP contribution in [0.1, 0.15) is 5.56 Å². The first-order valence-electron chi connectivity index (χ1n) is 3.91. The molecule has 72 valence electrons. The van der Waals surface area contributed by atoms with Gasteiger partial charge in [0.1, 0.15) is 5.75 Å². The Morgan fingerprint density at radius 1 is 1.38 bits per heavy atom. The first-order chi connectivity index (χ1) is 6.19. The molecule has 0 saturated heterocycles. The van der Waals surface area contributed by atoms with Crippen molar-refractivity contribution in [2.24, 2.45) is 5.73 Å². The van der Waals surface area contributed by atoms with Gasteiger partial charge in [0, 0.05) is 4.47 Å². The number of ether oxygens (including phenoxy) is 1. The highest BCUT2D eigenvalue weighted by Gasteiger charge is 2.07. The van der Waals surface area contributed by atoms with Crippen molar-refractivity contribution in [3.8, 4) is 5.75 Å². The largest absolute Gasteiger partial charge is 0.495 e. The van der Waals surface area contributed by atoms with Gasteiger partial charge in [-0.15, -0.1) is 0 Å². The first-order valence-corrected chi connectivity index (χ1v) is 5.49. The fourth-order valence-electron chi connectivity index (χ4n) is 1.18. The molecule has 0 spiro atoms. The number of benzene rings is 1. The number of nitrogens with two attached hydrogens (primary N) is 1. The van der Waals surface area contributed by atoms with Crippen LogP contribution in [0.2, 0.25) is 0 Å². The van der Waals surface area contributed by atoms with Gasteiger partial charge < -0.3 is 10.5 Å². The molecule has 0 aliphatic heterocycles. The Labute approximate surface area is 94.7 Å². The Bertz CT molecular complexity index is 302. The molecule has 0 radical (unpaired) electrons. The Morgan fingerprint density at radius 2 is 2.08 bits per heavy atom. The normalized spacial score (nSPS) is 10.2. The number of hydrogen-bond acceptors (Lipinski definition) is 2. The quantitative estimate of drug-likeness (QED) is 0.932. The van der Waals surface area contributed by atoms with E-state index in [4.69, 9.17) is 10.5 Å². The second kappa shape index (κ2) is 4.98. The maximum absolute atomic E-state index is 5.50. The molecule has 0 unspecified atom stereocenters. The number of rotatable bonds is 3. The third kappa shape index (κ3) is 2.69. The van der Waals surface area contributed by atoms with Crippen molar-refractivity contribution in [3.63, 3.8) is 0 Å². The molecular weight excluding hydrogens is 298 g/mol. The summed E-state index contributed by atoms with van der Waals surface area (Å²) in [5.41, 5.74) is 6.62. The molecule has 0 aromatic heterocycles. The fourth-order valence-corrected chi connectivity index (χ4v) is 2.66. The third-order valence-corrected chi connectivity index (χ3v) is 2.75. The summed E-state index contributed by atoms with van der Waals surface area (Å²) in [7, 11) is 1.66. The maximum atomic E-state index is 5.50. The van der Waals surface area contributed by atoms with Gasteiger partial charge in [0.05, 0.1) is 11.6 Å². The second-order valence-corrected chi connectivity index (χ2v) is 4.39. The van der Waals surface area contributed by atoms with Crippen LogP contribution in [0.3, 0.4) is 0 Å². The molecule has 0 amide bonds. The molecule has 4 heteroatoms. The van der Waals surface area contributed by atoms with Crippen molar-refractivity contribution >= 4 is 31.9 Å². The van der Waals surface area contributed by atoms with Gasteiger partial charge in [0.15, 0.2) is 0 Å². The lowest BCUT2D eigenvalue weighted by molar-refractivity contribution is 0.407. The molecule has 1 aromatic carbocycles. The molecule has 1 rings (SSSR count). The van der Waals surface area contributed by atoms with E-state index >= 15 is 0 Å². The van der Waals surface area contributed by atoms with Crippen LogP contribution in [-0.4, -0.2) is 13.7 Å². The standard InChI is InChI=1S/C9H11Br2NO/c1-13-9-6(2-3-12)4-7(10)5-8(9)11/h4-5H,2-3,12H2,1H3. The zero-order valence-corrected chi connectivity index (χ0v) is 10.5. The minimum absolute atomic E-state index is 0.624. The zero-order valence-electron chi connectivity index (χ0n) is 7.31. The average Bonchev–Trinajstić information content (AvgIpc) is 2.04. The molecule has 0 atom stereocenters. The topological polar surface area (TPSA) is 35.2 Å². The van der Waals surface area contributed by atoms with E-state index in [9.17, 15) is 0 Å². The van der Waals surface area contributed by atoms with Crippen LogP contribution in [-0.2, 0) is 6.42 Å². The van der Waals surface area contributed by atoms with Gasteiger partial charge in [-0.3, -0.25) is 0 Å². The van der Waals surface area contributed by atoms with E-state index in [1.807, 2.05) is 12.1 Å². The molecule has 0 heterocycles. The van der Waals surface area contributed by atoms with E-state index in [0.29, 0.717) is 6.54 Å². The minimum Gasteiger partial charge on any atom is -0.495 e. The van der Waals surface area contributed by atoms with Crippen molar-refractivity contribution in [1.29, 1.82) is 0 Å². The highest BCUT2D eigenvalue weighted by Crippen LogP contribution is 2.32. The molecule has 1 aromatic rings. The van der Waals surface area contributed by atoms with Crippen molar-refractivity contribution in [2.45, 2.75) is 6.42 Å². The van der Waals surface area contributed by atoms with Gasteiger partial charge in [-0.2, -0.15) is 0 Å². The molecular formula is C9H11Br2NO. The van der Waals surface area contributed by atoms with Gasteiger partial charge in [-0.1, -0.05) is 15.9 Å². The lowest BCUT2D eigenvalue weighted by Gasteiger charge is -2.10. The maximum Gasteiger partial charge on any atom is 0.136 e. The summed E-state index contributed by atoms with van der Waals surface area (Å²) in [6.07, 6.45) is 0.821.